The highest BCUT2D eigenvalue weighted by atomic mass is 19.1. The fraction of sp³-hybridized carbons (Fsp3) is 0.400. The van der Waals surface area contributed by atoms with Gasteiger partial charge in [-0.25, -0.2) is 18.4 Å². The molecule has 3 heterocycles. The molecule has 2 fully saturated rings. The monoisotopic (exact) mass is 597 g/mol. The summed E-state index contributed by atoms with van der Waals surface area (Å²) in [5, 5.41) is 2.70. The standard InChI is InChI=1S/C30H33F2N5O6/c1-4-34-17-22(29(40)42-5-2)28(39)21-13-24(32)27(14-26(21)34)36-10-8-35(9-11-36)25-7-6-19(12-23(25)31)37-16-20(43-30(37)41)15-33-18(3)38/h6-7,12-14,17,20H,4-5,8-11,15-16H2,1-3H3,(H,33,38)/t20-/m0/s1. The molecule has 0 unspecified atom stereocenters. The quantitative estimate of drug-likeness (QED) is 0.394. The maximum absolute atomic E-state index is 15.4. The third-order valence-corrected chi connectivity index (χ3v) is 7.64. The zero-order valence-electron chi connectivity index (χ0n) is 24.2. The summed E-state index contributed by atoms with van der Waals surface area (Å²) in [4.78, 5) is 53.8. The Bertz CT molecular complexity index is 1640. The minimum atomic E-state index is -0.746. The molecule has 2 saturated heterocycles. The molecular formula is C30H33F2N5O6. The molecule has 13 heteroatoms. The molecule has 43 heavy (non-hydrogen) atoms. The van der Waals surface area contributed by atoms with Gasteiger partial charge >= 0.3 is 12.1 Å². The number of nitrogens with one attached hydrogen (secondary N) is 1. The van der Waals surface area contributed by atoms with Crippen LogP contribution in [0.25, 0.3) is 10.9 Å². The number of piperazine rings is 1. The fourth-order valence-corrected chi connectivity index (χ4v) is 5.46. The van der Waals surface area contributed by atoms with Crippen LogP contribution in [-0.4, -0.2) is 74.5 Å². The van der Waals surface area contributed by atoms with E-state index in [4.69, 9.17) is 9.47 Å². The molecule has 3 aromatic rings. The van der Waals surface area contributed by atoms with Crippen molar-refractivity contribution in [1.29, 1.82) is 0 Å². The van der Waals surface area contributed by atoms with Crippen molar-refractivity contribution in [3.05, 3.63) is 63.9 Å². The van der Waals surface area contributed by atoms with Crippen molar-refractivity contribution in [1.82, 2.24) is 9.88 Å². The Morgan fingerprint density at radius 3 is 2.30 bits per heavy atom. The minimum Gasteiger partial charge on any atom is -0.462 e. The number of rotatable bonds is 8. The highest BCUT2D eigenvalue weighted by Gasteiger charge is 2.33. The molecule has 1 atom stereocenters. The topological polar surface area (TPSA) is 113 Å². The normalized spacial score (nSPS) is 16.9. The molecule has 0 saturated carbocycles. The smallest absolute Gasteiger partial charge is 0.414 e. The summed E-state index contributed by atoms with van der Waals surface area (Å²) in [7, 11) is 0. The van der Waals surface area contributed by atoms with Crippen molar-refractivity contribution < 1.29 is 32.6 Å². The van der Waals surface area contributed by atoms with Gasteiger partial charge in [0.05, 0.1) is 42.3 Å². The highest BCUT2D eigenvalue weighted by Crippen LogP contribution is 2.31. The molecular weight excluding hydrogens is 564 g/mol. The fourth-order valence-electron chi connectivity index (χ4n) is 5.46. The van der Waals surface area contributed by atoms with Gasteiger partial charge in [0.25, 0.3) is 0 Å². The molecule has 1 N–H and O–H groups in total. The molecule has 2 amide bonds. The number of cyclic esters (lactones) is 1. The number of carbonyl (C=O) groups is 3. The number of esters is 1. The maximum atomic E-state index is 15.4. The van der Waals surface area contributed by atoms with Crippen LogP contribution in [0.15, 0.2) is 41.3 Å². The Kier molecular flexibility index (Phi) is 8.51. The first-order chi connectivity index (χ1) is 20.6. The number of pyridine rings is 1. The van der Waals surface area contributed by atoms with Gasteiger partial charge in [-0.15, -0.1) is 0 Å². The Morgan fingerprint density at radius 1 is 1.00 bits per heavy atom. The lowest BCUT2D eigenvalue weighted by atomic mass is 10.1. The number of ether oxygens (including phenoxy) is 2. The number of fused-ring (bicyclic) bond motifs is 1. The molecule has 0 spiro atoms. The van der Waals surface area contributed by atoms with Gasteiger partial charge in [0.1, 0.15) is 23.3 Å². The number of halogens is 2. The van der Waals surface area contributed by atoms with E-state index >= 15 is 8.78 Å². The molecule has 0 bridgehead atoms. The van der Waals surface area contributed by atoms with Crippen molar-refractivity contribution in [2.75, 3.05) is 60.6 Å². The van der Waals surface area contributed by atoms with E-state index in [1.807, 2.05) is 16.7 Å². The van der Waals surface area contributed by atoms with Gasteiger partial charge < -0.3 is 29.2 Å². The highest BCUT2D eigenvalue weighted by molar-refractivity contribution is 5.94. The third-order valence-electron chi connectivity index (χ3n) is 7.64. The van der Waals surface area contributed by atoms with Gasteiger partial charge in [-0.05, 0) is 44.2 Å². The Hall–Kier alpha value is -4.68. The van der Waals surface area contributed by atoms with Crippen LogP contribution < -0.4 is 25.4 Å². The van der Waals surface area contributed by atoms with Crippen molar-refractivity contribution in [2.45, 2.75) is 33.4 Å². The first-order valence-corrected chi connectivity index (χ1v) is 14.2. The van der Waals surface area contributed by atoms with Crippen LogP contribution in [0.5, 0.6) is 0 Å². The number of anilines is 3. The molecule has 228 valence electrons. The number of nitrogens with zero attached hydrogens (tertiary/aromatic N) is 4. The lowest BCUT2D eigenvalue weighted by molar-refractivity contribution is -0.119. The number of hydrogen-bond donors (Lipinski definition) is 1. The largest absolute Gasteiger partial charge is 0.462 e. The van der Waals surface area contributed by atoms with E-state index in [9.17, 15) is 19.2 Å². The summed E-state index contributed by atoms with van der Waals surface area (Å²) in [6.45, 7) is 7.38. The summed E-state index contributed by atoms with van der Waals surface area (Å²) < 4.78 is 42.6. The van der Waals surface area contributed by atoms with Crippen LogP contribution >= 0.6 is 0 Å². The van der Waals surface area contributed by atoms with Gasteiger partial charge in [0, 0.05) is 51.2 Å². The number of hydrogen-bond acceptors (Lipinski definition) is 8. The summed E-state index contributed by atoms with van der Waals surface area (Å²) >= 11 is 0. The summed E-state index contributed by atoms with van der Waals surface area (Å²) in [5.74, 6) is -2.08. The molecule has 2 aliphatic rings. The van der Waals surface area contributed by atoms with E-state index < -0.39 is 35.2 Å². The predicted molar refractivity (Wildman–Crippen MR) is 157 cm³/mol. The van der Waals surface area contributed by atoms with E-state index in [0.29, 0.717) is 55.3 Å². The molecule has 2 aliphatic heterocycles. The average Bonchev–Trinajstić information content (AvgIpc) is 3.36. The summed E-state index contributed by atoms with van der Waals surface area (Å²) in [5.41, 5.74) is 0.794. The molecule has 11 nitrogen and oxygen atoms in total. The van der Waals surface area contributed by atoms with Crippen LogP contribution in [0.1, 0.15) is 31.1 Å². The van der Waals surface area contributed by atoms with E-state index in [1.54, 1.807) is 29.7 Å². The van der Waals surface area contributed by atoms with Crippen LogP contribution in [0.2, 0.25) is 0 Å². The Morgan fingerprint density at radius 2 is 1.67 bits per heavy atom. The van der Waals surface area contributed by atoms with E-state index in [1.165, 1.54) is 24.1 Å². The van der Waals surface area contributed by atoms with Crippen LogP contribution in [0, 0.1) is 11.6 Å². The number of aryl methyl sites for hydroxylation is 1. The zero-order valence-corrected chi connectivity index (χ0v) is 24.2. The molecule has 0 radical (unpaired) electrons. The number of carbonyl (C=O) groups excluding carboxylic acids is 3. The summed E-state index contributed by atoms with van der Waals surface area (Å²) in [6.07, 6.45) is 0.299. The van der Waals surface area contributed by atoms with E-state index in [-0.39, 0.29) is 36.6 Å². The van der Waals surface area contributed by atoms with Crippen LogP contribution in [0.3, 0.4) is 0 Å². The lowest BCUT2D eigenvalue weighted by Gasteiger charge is -2.37. The Balaban J connectivity index is 1.30. The molecule has 5 rings (SSSR count). The van der Waals surface area contributed by atoms with Crippen molar-refractivity contribution in [2.24, 2.45) is 0 Å². The first-order valence-electron chi connectivity index (χ1n) is 14.2. The third kappa shape index (κ3) is 5.97. The van der Waals surface area contributed by atoms with Crippen LogP contribution in [0.4, 0.5) is 30.6 Å². The molecule has 0 aliphatic carbocycles. The Labute approximate surface area is 246 Å². The number of aromatic nitrogens is 1. The van der Waals surface area contributed by atoms with Crippen LogP contribution in [-0.2, 0) is 20.8 Å². The van der Waals surface area contributed by atoms with E-state index in [2.05, 4.69) is 5.32 Å². The van der Waals surface area contributed by atoms with Crippen molar-refractivity contribution >= 4 is 45.9 Å². The van der Waals surface area contributed by atoms with Gasteiger partial charge in [0.15, 0.2) is 0 Å². The van der Waals surface area contributed by atoms with Gasteiger partial charge in [0.2, 0.25) is 11.3 Å². The van der Waals surface area contributed by atoms with E-state index in [0.717, 1.165) is 6.07 Å². The second-order valence-corrected chi connectivity index (χ2v) is 10.4. The number of amides is 2. The first kappa shape index (κ1) is 29.8. The maximum Gasteiger partial charge on any atom is 0.414 e. The minimum absolute atomic E-state index is 0.0952. The second kappa shape index (κ2) is 12.3. The molecule has 1 aromatic heterocycles. The zero-order chi connectivity index (χ0) is 30.8. The predicted octanol–water partition coefficient (Wildman–Crippen LogP) is 3.26. The average molecular weight is 598 g/mol. The SMILES string of the molecule is CCOC(=O)c1cn(CC)c2cc(N3CCN(c4ccc(N5C[C@H](CNC(C)=O)OC5=O)cc4F)CC3)c(F)cc2c1=O. The van der Waals surface area contributed by atoms with Gasteiger partial charge in [-0.2, -0.15) is 0 Å². The van der Waals surface area contributed by atoms with Gasteiger partial charge in [-0.1, -0.05) is 0 Å². The van der Waals surface area contributed by atoms with Crippen molar-refractivity contribution in [3.63, 3.8) is 0 Å². The number of benzene rings is 2. The summed E-state index contributed by atoms with van der Waals surface area (Å²) in [6, 6.07) is 7.30. The molecule has 2 aromatic carbocycles. The van der Waals surface area contributed by atoms with Crippen molar-refractivity contribution in [3.8, 4) is 0 Å². The second-order valence-electron chi connectivity index (χ2n) is 10.4. The van der Waals surface area contributed by atoms with Gasteiger partial charge in [-0.3, -0.25) is 14.5 Å². The lowest BCUT2D eigenvalue weighted by Crippen LogP contribution is -2.47.